The molecule has 2 aliphatic rings. The van der Waals surface area contributed by atoms with Gasteiger partial charge < -0.3 is 9.80 Å². The summed E-state index contributed by atoms with van der Waals surface area (Å²) in [5.41, 5.74) is 31.8. The minimum atomic E-state index is -0.181. The van der Waals surface area contributed by atoms with Crippen LogP contribution in [0.3, 0.4) is 0 Å². The van der Waals surface area contributed by atoms with Crippen molar-refractivity contribution in [2.24, 2.45) is 0 Å². The van der Waals surface area contributed by atoms with Crippen molar-refractivity contribution in [1.29, 1.82) is 0 Å². The third kappa shape index (κ3) is 9.00. The number of aromatic nitrogens is 1. The van der Waals surface area contributed by atoms with Gasteiger partial charge in [-0.2, -0.15) is 0 Å². The molecule has 366 valence electrons. The largest absolute Gasteiger partial charge is 0.310 e. The maximum Gasteiger partial charge on any atom is 0.0630 e. The van der Waals surface area contributed by atoms with E-state index in [9.17, 15) is 0 Å². The van der Waals surface area contributed by atoms with E-state index in [4.69, 9.17) is 4.98 Å². The molecule has 0 radical (unpaired) electrons. The molecule has 0 spiro atoms. The van der Waals surface area contributed by atoms with Crippen molar-refractivity contribution in [3.8, 4) is 22.3 Å². The van der Waals surface area contributed by atoms with Crippen molar-refractivity contribution in [1.82, 2.24) is 4.98 Å². The molecule has 0 unspecified atom stereocenters. The van der Waals surface area contributed by atoms with Gasteiger partial charge in [0.25, 0.3) is 0 Å². The molecule has 0 saturated carbocycles. The van der Waals surface area contributed by atoms with Crippen molar-refractivity contribution >= 4 is 58.4 Å². The molecule has 0 fully saturated rings. The zero-order valence-electron chi connectivity index (χ0n) is 45.2. The van der Waals surface area contributed by atoms with Crippen molar-refractivity contribution in [2.45, 2.75) is 93.9 Å². The van der Waals surface area contributed by atoms with Crippen LogP contribution in [0.5, 0.6) is 0 Å². The first kappa shape index (κ1) is 48.3. The predicted molar refractivity (Wildman–Crippen MR) is 317 cm³/mol. The number of fused-ring (bicyclic) bond motifs is 6. The van der Waals surface area contributed by atoms with Gasteiger partial charge in [0.2, 0.25) is 0 Å². The van der Waals surface area contributed by atoms with Gasteiger partial charge in [-0.15, -0.1) is 0 Å². The summed E-state index contributed by atoms with van der Waals surface area (Å²) in [5.74, 6) is 0. The SMILES string of the molecule is Cc1cc(C)cc(N(c2cc(C)cc(C)c2)c2ccc3c(c2)C(C)(C)c2cc(C=Cc4ccc(C=Cc5ccc6c(c5)C(C)(C)c5cc(N(c7cc(C)cc(C)c7)c7cc(C)cc(C)c7)ccc5-6)nc4)ccc2-3)c1. The molecular weight excluding hydrogens is 895 g/mol. The van der Waals surface area contributed by atoms with Gasteiger partial charge in [-0.3, -0.25) is 4.98 Å². The highest BCUT2D eigenvalue weighted by Crippen LogP contribution is 2.53. The van der Waals surface area contributed by atoms with Crippen LogP contribution in [0.1, 0.15) is 117 Å². The van der Waals surface area contributed by atoms with Crippen LogP contribution in [-0.4, -0.2) is 4.98 Å². The standard InChI is InChI=1S/C71H67N3/c1-44-27-45(2)32-58(31-44)73(59-33-46(3)28-47(4)34-59)56-21-25-64-62-23-17-52(39-66(62)70(9,10)68(64)41-56)13-14-54-16-20-55(72-43-54)19-15-53-18-24-63-65-26-22-57(42-69(65)71(11,12)67(63)40-53)74(60-35-48(5)29-49(6)36-60)61-37-50(7)30-51(8)38-61/h13-43H,1-12H3. The van der Waals surface area contributed by atoms with Crippen molar-refractivity contribution in [3.63, 3.8) is 0 Å². The Hall–Kier alpha value is -8.01. The number of hydrogen-bond acceptors (Lipinski definition) is 3. The van der Waals surface area contributed by atoms with Gasteiger partial charge in [-0.25, -0.2) is 0 Å². The fourth-order valence-corrected chi connectivity index (χ4v) is 12.2. The topological polar surface area (TPSA) is 19.4 Å². The van der Waals surface area contributed by atoms with Gasteiger partial charge in [0, 0.05) is 51.2 Å². The number of rotatable bonds is 10. The summed E-state index contributed by atoms with van der Waals surface area (Å²) in [6, 6.07) is 59.6. The Kier molecular flexibility index (Phi) is 12.1. The molecule has 9 aromatic rings. The molecule has 1 aromatic heterocycles. The van der Waals surface area contributed by atoms with Crippen LogP contribution < -0.4 is 9.80 Å². The Balaban J connectivity index is 0.809. The Labute approximate surface area is 440 Å². The Morgan fingerprint density at radius 2 is 0.595 bits per heavy atom. The number of nitrogens with zero attached hydrogens (tertiary/aromatic N) is 3. The molecule has 0 amide bonds. The highest BCUT2D eigenvalue weighted by Gasteiger charge is 2.38. The van der Waals surface area contributed by atoms with Gasteiger partial charge in [0.1, 0.15) is 0 Å². The van der Waals surface area contributed by atoms with E-state index >= 15 is 0 Å². The Morgan fingerprint density at radius 1 is 0.297 bits per heavy atom. The van der Waals surface area contributed by atoms with Crippen LogP contribution >= 0.6 is 0 Å². The van der Waals surface area contributed by atoms with Crippen LogP contribution in [0.2, 0.25) is 0 Å². The summed E-state index contributed by atoms with van der Waals surface area (Å²) in [6.07, 6.45) is 10.7. The molecule has 0 atom stereocenters. The maximum absolute atomic E-state index is 4.88. The molecule has 8 aromatic carbocycles. The maximum atomic E-state index is 4.88. The first-order valence-corrected chi connectivity index (χ1v) is 26.2. The second-order valence-corrected chi connectivity index (χ2v) is 22.6. The summed E-state index contributed by atoms with van der Waals surface area (Å²) in [4.78, 5) is 9.74. The lowest BCUT2D eigenvalue weighted by molar-refractivity contribution is 0.660. The van der Waals surface area contributed by atoms with E-state index in [1.165, 1.54) is 134 Å². The summed E-state index contributed by atoms with van der Waals surface area (Å²) in [6.45, 7) is 27.0. The van der Waals surface area contributed by atoms with E-state index in [0.717, 1.165) is 11.3 Å². The third-order valence-corrected chi connectivity index (χ3v) is 15.5. The second kappa shape index (κ2) is 18.5. The average Bonchev–Trinajstić information content (AvgIpc) is 3.70. The van der Waals surface area contributed by atoms with Gasteiger partial charge in [-0.1, -0.05) is 125 Å². The zero-order valence-corrected chi connectivity index (χ0v) is 45.2. The van der Waals surface area contributed by atoms with E-state index in [1.54, 1.807) is 0 Å². The second-order valence-electron chi connectivity index (χ2n) is 22.6. The molecule has 11 rings (SSSR count). The molecule has 0 saturated heterocycles. The first-order valence-electron chi connectivity index (χ1n) is 26.2. The smallest absolute Gasteiger partial charge is 0.0630 e. The number of hydrogen-bond donors (Lipinski definition) is 0. The minimum absolute atomic E-state index is 0.177. The fraction of sp³-hybridized carbons (Fsp3) is 0.197. The van der Waals surface area contributed by atoms with E-state index in [1.807, 2.05) is 6.20 Å². The number of benzene rings is 8. The molecule has 0 aliphatic heterocycles. The molecule has 3 nitrogen and oxygen atoms in total. The average molecular weight is 962 g/mol. The highest BCUT2D eigenvalue weighted by molar-refractivity contribution is 5.89. The lowest BCUT2D eigenvalue weighted by atomic mass is 9.81. The first-order chi connectivity index (χ1) is 35.4. The highest BCUT2D eigenvalue weighted by atomic mass is 15.1. The van der Waals surface area contributed by atoms with E-state index in [0.29, 0.717) is 0 Å². The zero-order chi connectivity index (χ0) is 51.8. The third-order valence-electron chi connectivity index (χ3n) is 15.5. The molecule has 1 heterocycles. The summed E-state index contributed by atoms with van der Waals surface area (Å²) < 4.78 is 0. The molecule has 2 aliphatic carbocycles. The monoisotopic (exact) mass is 962 g/mol. The molecule has 0 bridgehead atoms. The lowest BCUT2D eigenvalue weighted by Gasteiger charge is -2.29. The lowest BCUT2D eigenvalue weighted by Crippen LogP contribution is -2.17. The van der Waals surface area contributed by atoms with Crippen molar-refractivity contribution in [2.75, 3.05) is 9.80 Å². The van der Waals surface area contributed by atoms with Crippen molar-refractivity contribution in [3.05, 3.63) is 253 Å². The minimum Gasteiger partial charge on any atom is -0.310 e. The van der Waals surface area contributed by atoms with E-state index in [-0.39, 0.29) is 10.8 Å². The summed E-state index contributed by atoms with van der Waals surface area (Å²) >= 11 is 0. The van der Waals surface area contributed by atoms with Gasteiger partial charge >= 0.3 is 0 Å². The number of aryl methyl sites for hydroxylation is 8. The normalized spacial score (nSPS) is 13.8. The molecule has 74 heavy (non-hydrogen) atoms. The van der Waals surface area contributed by atoms with Gasteiger partial charge in [0.15, 0.2) is 0 Å². The number of anilines is 6. The van der Waals surface area contributed by atoms with Crippen LogP contribution in [0.4, 0.5) is 34.1 Å². The summed E-state index contributed by atoms with van der Waals surface area (Å²) in [7, 11) is 0. The van der Waals surface area contributed by atoms with Gasteiger partial charge in [-0.05, 0) is 246 Å². The van der Waals surface area contributed by atoms with E-state index < -0.39 is 0 Å². The van der Waals surface area contributed by atoms with Crippen LogP contribution in [0.15, 0.2) is 164 Å². The van der Waals surface area contributed by atoms with Gasteiger partial charge in [0.05, 0.1) is 5.69 Å². The Bertz CT molecular complexity index is 3340. The predicted octanol–water partition coefficient (Wildman–Crippen LogP) is 19.4. The van der Waals surface area contributed by atoms with Crippen molar-refractivity contribution < 1.29 is 0 Å². The summed E-state index contributed by atoms with van der Waals surface area (Å²) in [5, 5.41) is 0. The Morgan fingerprint density at radius 3 is 0.932 bits per heavy atom. The molecular formula is C71H67N3. The quantitative estimate of drug-likeness (QED) is 0.136. The molecule has 3 heteroatoms. The fourth-order valence-electron chi connectivity index (χ4n) is 12.2. The number of pyridine rings is 1. The van der Waals surface area contributed by atoms with Crippen LogP contribution in [0, 0.1) is 55.4 Å². The van der Waals surface area contributed by atoms with Crippen LogP contribution in [0.25, 0.3) is 46.6 Å². The molecule has 0 N–H and O–H groups in total. The van der Waals surface area contributed by atoms with Crippen LogP contribution in [-0.2, 0) is 10.8 Å². The van der Waals surface area contributed by atoms with E-state index in [2.05, 4.69) is 275 Å².